The van der Waals surface area contributed by atoms with E-state index < -0.39 is 0 Å². The molecule has 0 aliphatic heterocycles. The van der Waals surface area contributed by atoms with E-state index in [9.17, 15) is 0 Å². The van der Waals surface area contributed by atoms with E-state index in [2.05, 4.69) is 19.9 Å². The molecule has 6 nitrogen and oxygen atoms in total. The van der Waals surface area contributed by atoms with Gasteiger partial charge in [-0.15, -0.1) is 0 Å². The molecule has 2 rings (SSSR count). The summed E-state index contributed by atoms with van der Waals surface area (Å²) in [5, 5.41) is 2.02. The van der Waals surface area contributed by atoms with E-state index in [0.29, 0.717) is 32.1 Å². The van der Waals surface area contributed by atoms with Crippen molar-refractivity contribution in [1.82, 2.24) is 19.9 Å². The van der Waals surface area contributed by atoms with E-state index in [1.807, 2.05) is 6.26 Å². The molecular formula is C9H9ClN6S2. The van der Waals surface area contributed by atoms with Crippen LogP contribution in [0.3, 0.4) is 0 Å². The molecule has 2 aromatic rings. The molecule has 4 N–H and O–H groups in total. The highest BCUT2D eigenvalue weighted by Gasteiger charge is 2.08. The first-order valence-electron chi connectivity index (χ1n) is 4.73. The molecule has 94 valence electrons. The van der Waals surface area contributed by atoms with Crippen molar-refractivity contribution in [2.75, 3.05) is 17.7 Å². The van der Waals surface area contributed by atoms with E-state index >= 15 is 0 Å². The number of aromatic nitrogens is 4. The molecule has 0 saturated carbocycles. The van der Waals surface area contributed by atoms with Crippen LogP contribution in [0, 0.1) is 0 Å². The molecule has 2 heterocycles. The lowest BCUT2D eigenvalue weighted by molar-refractivity contribution is 0.887. The minimum Gasteiger partial charge on any atom is -0.383 e. The van der Waals surface area contributed by atoms with Gasteiger partial charge in [-0.2, -0.15) is 0 Å². The third kappa shape index (κ3) is 3.37. The Morgan fingerprint density at radius 3 is 2.28 bits per heavy atom. The van der Waals surface area contributed by atoms with Gasteiger partial charge in [0, 0.05) is 12.1 Å². The van der Waals surface area contributed by atoms with Crippen LogP contribution in [-0.2, 0) is 0 Å². The molecule has 0 aliphatic carbocycles. The Balaban J connectivity index is 2.30. The van der Waals surface area contributed by atoms with E-state index in [4.69, 9.17) is 23.1 Å². The first-order chi connectivity index (χ1) is 8.56. The summed E-state index contributed by atoms with van der Waals surface area (Å²) in [7, 11) is 0. The number of hydrogen-bond acceptors (Lipinski definition) is 8. The fourth-order valence-corrected chi connectivity index (χ4v) is 2.65. The summed E-state index contributed by atoms with van der Waals surface area (Å²) in [6.45, 7) is 0. The van der Waals surface area contributed by atoms with Crippen molar-refractivity contribution in [2.24, 2.45) is 0 Å². The van der Waals surface area contributed by atoms with Crippen molar-refractivity contribution in [3.8, 4) is 0 Å². The van der Waals surface area contributed by atoms with Gasteiger partial charge in [0.25, 0.3) is 0 Å². The summed E-state index contributed by atoms with van der Waals surface area (Å²) in [5.41, 5.74) is 11.2. The summed E-state index contributed by atoms with van der Waals surface area (Å²) < 4.78 is 0. The van der Waals surface area contributed by atoms with Crippen LogP contribution in [0.5, 0.6) is 0 Å². The first-order valence-corrected chi connectivity index (χ1v) is 7.15. The SMILES string of the molecule is CSc1nc(Cl)cc(Sc2nc(N)cc(N)n2)n1. The molecule has 0 aliphatic rings. The number of halogens is 1. The van der Waals surface area contributed by atoms with Gasteiger partial charge < -0.3 is 11.5 Å². The summed E-state index contributed by atoms with van der Waals surface area (Å²) in [6.07, 6.45) is 1.87. The van der Waals surface area contributed by atoms with Gasteiger partial charge >= 0.3 is 0 Å². The fourth-order valence-electron chi connectivity index (χ4n) is 1.12. The highest BCUT2D eigenvalue weighted by Crippen LogP contribution is 2.27. The summed E-state index contributed by atoms with van der Waals surface area (Å²) >= 11 is 8.52. The number of nitrogen functional groups attached to an aromatic ring is 2. The Bertz CT molecular complexity index is 559. The minimum atomic E-state index is 0.315. The van der Waals surface area contributed by atoms with E-state index in [1.54, 1.807) is 6.07 Å². The Kier molecular flexibility index (Phi) is 4.10. The normalized spacial score (nSPS) is 10.6. The van der Waals surface area contributed by atoms with Gasteiger partial charge in [0.1, 0.15) is 21.8 Å². The average molecular weight is 301 g/mol. The molecule has 0 radical (unpaired) electrons. The number of nitrogens with zero attached hydrogens (tertiary/aromatic N) is 4. The maximum atomic E-state index is 5.89. The summed E-state index contributed by atoms with van der Waals surface area (Å²) in [4.78, 5) is 16.4. The quantitative estimate of drug-likeness (QED) is 0.503. The van der Waals surface area contributed by atoms with Crippen LogP contribution in [0.4, 0.5) is 11.6 Å². The molecule has 18 heavy (non-hydrogen) atoms. The molecule has 9 heteroatoms. The highest BCUT2D eigenvalue weighted by molar-refractivity contribution is 7.99. The molecule has 0 aromatic carbocycles. The van der Waals surface area contributed by atoms with Crippen LogP contribution in [0.2, 0.25) is 5.15 Å². The molecule has 0 amide bonds. The zero-order valence-electron chi connectivity index (χ0n) is 9.29. The molecule has 0 bridgehead atoms. The van der Waals surface area contributed by atoms with Gasteiger partial charge in [-0.25, -0.2) is 19.9 Å². The Morgan fingerprint density at radius 2 is 1.67 bits per heavy atom. The van der Waals surface area contributed by atoms with E-state index in [-0.39, 0.29) is 0 Å². The minimum absolute atomic E-state index is 0.315. The number of nitrogens with two attached hydrogens (primary N) is 2. The third-order valence-electron chi connectivity index (χ3n) is 1.77. The van der Waals surface area contributed by atoms with Crippen molar-refractivity contribution < 1.29 is 0 Å². The Labute approximate surface area is 117 Å². The largest absolute Gasteiger partial charge is 0.383 e. The molecule has 0 atom stereocenters. The fraction of sp³-hybridized carbons (Fsp3) is 0.111. The molecule has 0 spiro atoms. The topological polar surface area (TPSA) is 104 Å². The number of thioether (sulfide) groups is 1. The maximum absolute atomic E-state index is 5.89. The monoisotopic (exact) mass is 300 g/mol. The van der Waals surface area contributed by atoms with Crippen LogP contribution in [0.15, 0.2) is 27.5 Å². The summed E-state index contributed by atoms with van der Waals surface area (Å²) in [5.74, 6) is 0.630. The van der Waals surface area contributed by atoms with Crippen LogP contribution in [-0.4, -0.2) is 26.2 Å². The predicted octanol–water partition coefficient (Wildman–Crippen LogP) is 1.96. The second-order valence-corrected chi connectivity index (χ2v) is 5.27. The second kappa shape index (κ2) is 5.59. The van der Waals surface area contributed by atoms with Crippen LogP contribution in [0.25, 0.3) is 0 Å². The van der Waals surface area contributed by atoms with Crippen molar-refractivity contribution in [3.63, 3.8) is 0 Å². The maximum Gasteiger partial charge on any atom is 0.197 e. The Hall–Kier alpha value is -1.25. The number of hydrogen-bond donors (Lipinski definition) is 2. The van der Waals surface area contributed by atoms with Crippen molar-refractivity contribution in [2.45, 2.75) is 15.3 Å². The van der Waals surface area contributed by atoms with Gasteiger partial charge in [0.15, 0.2) is 10.3 Å². The van der Waals surface area contributed by atoms with E-state index in [1.165, 1.54) is 29.6 Å². The second-order valence-electron chi connectivity index (χ2n) is 3.12. The van der Waals surface area contributed by atoms with Gasteiger partial charge in [-0.3, -0.25) is 0 Å². The highest BCUT2D eigenvalue weighted by atomic mass is 35.5. The molecule has 2 aromatic heterocycles. The van der Waals surface area contributed by atoms with Gasteiger partial charge in [-0.05, 0) is 18.0 Å². The molecular weight excluding hydrogens is 292 g/mol. The van der Waals surface area contributed by atoms with Crippen molar-refractivity contribution >= 4 is 46.8 Å². The van der Waals surface area contributed by atoms with Crippen LogP contribution >= 0.6 is 35.1 Å². The average Bonchev–Trinajstić information content (AvgIpc) is 2.26. The lowest BCUT2D eigenvalue weighted by Gasteiger charge is -2.03. The van der Waals surface area contributed by atoms with Gasteiger partial charge in [0.2, 0.25) is 0 Å². The van der Waals surface area contributed by atoms with Crippen molar-refractivity contribution in [3.05, 3.63) is 17.3 Å². The zero-order chi connectivity index (χ0) is 13.1. The van der Waals surface area contributed by atoms with E-state index in [0.717, 1.165) is 0 Å². The Morgan fingerprint density at radius 1 is 1.00 bits per heavy atom. The smallest absolute Gasteiger partial charge is 0.197 e. The summed E-state index contributed by atoms with van der Waals surface area (Å²) in [6, 6.07) is 3.12. The van der Waals surface area contributed by atoms with Gasteiger partial charge in [-0.1, -0.05) is 23.4 Å². The van der Waals surface area contributed by atoms with Crippen LogP contribution < -0.4 is 11.5 Å². The third-order valence-corrected chi connectivity index (χ3v) is 3.30. The number of rotatable bonds is 3. The predicted molar refractivity (Wildman–Crippen MR) is 73.8 cm³/mol. The zero-order valence-corrected chi connectivity index (χ0v) is 11.7. The molecule has 0 unspecified atom stereocenters. The van der Waals surface area contributed by atoms with Crippen LogP contribution in [0.1, 0.15) is 0 Å². The lowest BCUT2D eigenvalue weighted by atomic mass is 10.5. The van der Waals surface area contributed by atoms with Gasteiger partial charge in [0.05, 0.1) is 0 Å². The molecule has 0 fully saturated rings. The van der Waals surface area contributed by atoms with Crippen molar-refractivity contribution in [1.29, 1.82) is 0 Å². The first kappa shape index (κ1) is 13.2. The number of anilines is 2. The molecule has 0 saturated heterocycles. The standard InChI is InChI=1S/C9H9ClN6S2/c1-17-8-13-4(10)2-7(16-8)18-9-14-5(11)3-6(12)15-9/h2-3H,1H3,(H4,11,12,14,15). The lowest BCUT2D eigenvalue weighted by Crippen LogP contribution is -1.99.